The van der Waals surface area contributed by atoms with Crippen molar-refractivity contribution in [2.24, 2.45) is 0 Å². The Hall–Kier alpha value is -3.20. The molecule has 1 fully saturated rings. The Morgan fingerprint density at radius 2 is 2.00 bits per heavy atom. The number of carboxylic acid groups (broad SMARTS) is 1. The number of allylic oxidation sites excluding steroid dienone is 2. The molecule has 1 aromatic rings. The number of hydrogen-bond acceptors (Lipinski definition) is 5. The smallest absolute Gasteiger partial charge is 0.356 e. The van der Waals surface area contributed by atoms with Gasteiger partial charge in [0.15, 0.2) is 5.69 Å². The number of nitrogens with one attached hydrogen (secondary N) is 2. The van der Waals surface area contributed by atoms with E-state index in [0.717, 1.165) is 44.1 Å². The summed E-state index contributed by atoms with van der Waals surface area (Å²) in [6.45, 7) is 11.7. The van der Waals surface area contributed by atoms with E-state index >= 15 is 0 Å². The Morgan fingerprint density at radius 3 is 2.58 bits per heavy atom. The molecule has 1 aliphatic rings. The number of carbonyl (C=O) groups excluding carboxylic acids is 2. The van der Waals surface area contributed by atoms with Crippen molar-refractivity contribution in [3.63, 3.8) is 0 Å². The summed E-state index contributed by atoms with van der Waals surface area (Å²) in [6, 6.07) is 1.13. The first-order valence-corrected chi connectivity index (χ1v) is 12.8. The lowest BCUT2D eigenvalue weighted by Gasteiger charge is -2.24. The summed E-state index contributed by atoms with van der Waals surface area (Å²) in [7, 11) is 0. The molecule has 2 atom stereocenters. The van der Waals surface area contributed by atoms with Crippen LogP contribution >= 0.6 is 0 Å². The number of nitrogens with zero attached hydrogens (tertiary/aromatic N) is 2. The molecule has 0 bridgehead atoms. The van der Waals surface area contributed by atoms with Crippen LogP contribution in [-0.2, 0) is 16.1 Å². The minimum atomic E-state index is -1.26. The first-order valence-electron chi connectivity index (χ1n) is 12.8. The van der Waals surface area contributed by atoms with Crippen molar-refractivity contribution in [1.29, 1.82) is 0 Å². The zero-order chi connectivity index (χ0) is 26.5. The summed E-state index contributed by atoms with van der Waals surface area (Å²) in [4.78, 5) is 37.2. The lowest BCUT2D eigenvalue weighted by molar-refractivity contribution is -0.122. The average Bonchev–Trinajstić information content (AvgIpc) is 3.51. The van der Waals surface area contributed by atoms with E-state index in [2.05, 4.69) is 35.8 Å². The van der Waals surface area contributed by atoms with Crippen molar-refractivity contribution in [3.8, 4) is 0 Å². The largest absolute Gasteiger partial charge is 0.476 e. The van der Waals surface area contributed by atoms with Gasteiger partial charge >= 0.3 is 5.97 Å². The molecule has 0 saturated heterocycles. The van der Waals surface area contributed by atoms with Crippen molar-refractivity contribution < 1.29 is 24.2 Å². The molecule has 1 aliphatic carbocycles. The molecule has 9 heteroatoms. The maximum absolute atomic E-state index is 13.2. The Morgan fingerprint density at radius 1 is 1.28 bits per heavy atom. The Bertz CT molecular complexity index is 946. The average molecular weight is 501 g/mol. The molecule has 0 spiro atoms. The highest BCUT2D eigenvalue weighted by atomic mass is 16.5. The van der Waals surface area contributed by atoms with E-state index < -0.39 is 11.9 Å². The van der Waals surface area contributed by atoms with Gasteiger partial charge in [-0.2, -0.15) is 5.10 Å². The summed E-state index contributed by atoms with van der Waals surface area (Å²) in [5.41, 5.74) is 0.687. The Balaban J connectivity index is 2.09. The highest BCUT2D eigenvalue weighted by Crippen LogP contribution is 2.18. The van der Waals surface area contributed by atoms with Crippen LogP contribution in [0.1, 0.15) is 86.2 Å². The van der Waals surface area contributed by atoms with Crippen LogP contribution < -0.4 is 10.6 Å². The lowest BCUT2D eigenvalue weighted by atomic mass is 10.0. The number of rotatable bonds is 16. The molecule has 3 N–H and O–H groups in total. The van der Waals surface area contributed by atoms with Crippen LogP contribution in [0.2, 0.25) is 0 Å². The summed E-state index contributed by atoms with van der Waals surface area (Å²) < 4.78 is 7.27. The monoisotopic (exact) mass is 500 g/mol. The second-order valence-electron chi connectivity index (χ2n) is 9.14. The highest BCUT2D eigenvalue weighted by molar-refractivity contribution is 5.96. The third kappa shape index (κ3) is 9.11. The molecule has 36 heavy (non-hydrogen) atoms. The fourth-order valence-corrected chi connectivity index (χ4v) is 4.34. The zero-order valence-electron chi connectivity index (χ0n) is 21.5. The maximum Gasteiger partial charge on any atom is 0.356 e. The van der Waals surface area contributed by atoms with Crippen molar-refractivity contribution in [3.05, 3.63) is 54.4 Å². The lowest BCUT2D eigenvalue weighted by Crippen LogP contribution is -2.40. The predicted molar refractivity (Wildman–Crippen MR) is 139 cm³/mol. The number of carboxylic acids is 1. The third-order valence-electron chi connectivity index (χ3n) is 6.31. The topological polar surface area (TPSA) is 123 Å². The molecular weight excluding hydrogens is 460 g/mol. The summed E-state index contributed by atoms with van der Waals surface area (Å²) >= 11 is 0. The van der Waals surface area contributed by atoms with E-state index in [-0.39, 0.29) is 42.0 Å². The molecule has 9 nitrogen and oxygen atoms in total. The standard InChI is InChI=1S/C27H40N4O5/c1-5-11-19(7-3)18-36-22(12-6-2)15-20(8-4)29-26(33)24-16-23(27(34)35)30-31(24)17-25(32)28-21-13-9-10-14-21/h5,7,11,16,20-22H,1,3,6,8-10,12-15,17-18H2,2,4H3,(H,28,32)(H,29,33)(H,34,35)/b19-11+/t20-,22?/m0/s1. The van der Waals surface area contributed by atoms with Crippen LogP contribution in [0.3, 0.4) is 0 Å². The number of hydrogen-bond donors (Lipinski definition) is 3. The van der Waals surface area contributed by atoms with Crippen LogP contribution in [0.5, 0.6) is 0 Å². The first kappa shape index (κ1) is 29.0. The van der Waals surface area contributed by atoms with Gasteiger partial charge in [0, 0.05) is 18.2 Å². The summed E-state index contributed by atoms with van der Waals surface area (Å²) in [5, 5.41) is 19.3. The molecule has 1 unspecified atom stereocenters. The number of amides is 2. The SMILES string of the molecule is C=C/C=C(\C=C)COC(CCC)C[C@H](CC)NC(=O)c1cc(C(=O)O)nn1CC(=O)NC1CCCC1. The van der Waals surface area contributed by atoms with Crippen LogP contribution in [0.15, 0.2) is 43.0 Å². The Labute approximate surface area is 213 Å². The van der Waals surface area contributed by atoms with Crippen molar-refractivity contribution in [1.82, 2.24) is 20.4 Å². The number of aromatic carboxylic acids is 1. The van der Waals surface area contributed by atoms with Gasteiger partial charge in [-0.15, -0.1) is 0 Å². The van der Waals surface area contributed by atoms with Gasteiger partial charge in [0.1, 0.15) is 12.2 Å². The van der Waals surface area contributed by atoms with Gasteiger partial charge < -0.3 is 20.5 Å². The molecule has 1 saturated carbocycles. The second kappa shape index (κ2) is 15.0. The molecule has 2 amide bonds. The fourth-order valence-electron chi connectivity index (χ4n) is 4.34. The van der Waals surface area contributed by atoms with Crippen molar-refractivity contribution >= 4 is 17.8 Å². The molecule has 198 valence electrons. The predicted octanol–water partition coefficient (Wildman–Crippen LogP) is 4.02. The van der Waals surface area contributed by atoms with Gasteiger partial charge in [0.05, 0.1) is 12.7 Å². The number of ether oxygens (including phenoxy) is 1. The van der Waals surface area contributed by atoms with Gasteiger partial charge in [0.2, 0.25) is 5.91 Å². The van der Waals surface area contributed by atoms with Crippen molar-refractivity contribution in [2.45, 2.75) is 89.9 Å². The van der Waals surface area contributed by atoms with Gasteiger partial charge in [-0.1, -0.05) is 64.5 Å². The summed E-state index contributed by atoms with van der Waals surface area (Å²) in [5.74, 6) is -2.01. The minimum absolute atomic E-state index is 0.0447. The Kier molecular flexibility index (Phi) is 12.1. The first-order chi connectivity index (χ1) is 17.3. The molecule has 1 aromatic heterocycles. The second-order valence-corrected chi connectivity index (χ2v) is 9.14. The van der Waals surface area contributed by atoms with Gasteiger partial charge in [0.25, 0.3) is 5.91 Å². The third-order valence-corrected chi connectivity index (χ3v) is 6.31. The maximum atomic E-state index is 13.2. The summed E-state index contributed by atoms with van der Waals surface area (Å²) in [6.07, 6.45) is 12.2. The van der Waals surface area contributed by atoms with E-state index in [1.54, 1.807) is 12.2 Å². The number of aromatic nitrogens is 2. The van der Waals surface area contributed by atoms with E-state index in [0.29, 0.717) is 19.4 Å². The van der Waals surface area contributed by atoms with E-state index in [1.807, 2.05) is 13.0 Å². The van der Waals surface area contributed by atoms with Crippen LogP contribution in [0.4, 0.5) is 0 Å². The molecule has 0 aromatic carbocycles. The fraction of sp³-hybridized carbons (Fsp3) is 0.556. The normalized spacial score (nSPS) is 15.8. The van der Waals surface area contributed by atoms with Crippen LogP contribution in [-0.4, -0.2) is 57.5 Å². The number of carbonyl (C=O) groups is 3. The van der Waals surface area contributed by atoms with Crippen LogP contribution in [0, 0.1) is 0 Å². The molecule has 0 aliphatic heterocycles. The molecule has 1 heterocycles. The van der Waals surface area contributed by atoms with Gasteiger partial charge in [-0.25, -0.2) is 9.48 Å². The van der Waals surface area contributed by atoms with Gasteiger partial charge in [-0.3, -0.25) is 9.59 Å². The van der Waals surface area contributed by atoms with E-state index in [1.165, 1.54) is 10.7 Å². The van der Waals surface area contributed by atoms with Crippen molar-refractivity contribution in [2.75, 3.05) is 6.61 Å². The van der Waals surface area contributed by atoms with E-state index in [4.69, 9.17) is 4.74 Å². The molecule has 0 radical (unpaired) electrons. The van der Waals surface area contributed by atoms with E-state index in [9.17, 15) is 19.5 Å². The van der Waals surface area contributed by atoms with Crippen LogP contribution in [0.25, 0.3) is 0 Å². The zero-order valence-corrected chi connectivity index (χ0v) is 21.5. The van der Waals surface area contributed by atoms with Gasteiger partial charge in [-0.05, 0) is 37.7 Å². The molecule has 2 rings (SSSR count). The molecular formula is C27H40N4O5. The quantitative estimate of drug-likeness (QED) is 0.295. The minimum Gasteiger partial charge on any atom is -0.476 e. The highest BCUT2D eigenvalue weighted by Gasteiger charge is 2.25.